The van der Waals surface area contributed by atoms with Gasteiger partial charge in [0.25, 0.3) is 0 Å². The van der Waals surface area contributed by atoms with Crippen LogP contribution in [-0.2, 0) is 0 Å². The molecule has 1 heterocycles. The lowest BCUT2D eigenvalue weighted by Gasteiger charge is -2.01. The van der Waals surface area contributed by atoms with E-state index in [1.807, 2.05) is 0 Å². The van der Waals surface area contributed by atoms with Crippen LogP contribution in [0.1, 0.15) is 6.42 Å². The summed E-state index contributed by atoms with van der Waals surface area (Å²) in [5, 5.41) is 3.20. The van der Waals surface area contributed by atoms with E-state index >= 15 is 0 Å². The second-order valence-corrected chi connectivity index (χ2v) is 1.46. The van der Waals surface area contributed by atoms with Gasteiger partial charge in [0.05, 0.1) is 0 Å². The average Bonchev–Trinajstić information content (AvgIpc) is 1.72. The van der Waals surface area contributed by atoms with E-state index in [2.05, 4.69) is 17.5 Å². The summed E-state index contributed by atoms with van der Waals surface area (Å²) in [6.45, 7) is 2.23. The van der Waals surface area contributed by atoms with Gasteiger partial charge in [-0.2, -0.15) is 0 Å². The number of rotatable bonds is 0. The van der Waals surface area contributed by atoms with Crippen molar-refractivity contribution in [1.82, 2.24) is 5.32 Å². The molecule has 0 aromatic rings. The van der Waals surface area contributed by atoms with Crippen LogP contribution in [0.25, 0.3) is 0 Å². The summed E-state index contributed by atoms with van der Waals surface area (Å²) in [6, 6.07) is 0. The minimum Gasteiger partial charge on any atom is -0.313 e. The maximum atomic E-state index is 3.20. The molecular weight excluding hydrogens is 84.9 g/mol. The third-order valence-electron chi connectivity index (χ3n) is 0.917. The first-order chi connectivity index (χ1) is 3.00. The van der Waals surface area contributed by atoms with Crippen molar-refractivity contribution in [3.63, 3.8) is 0 Å². The minimum atomic E-state index is 0. The highest BCUT2D eigenvalue weighted by molar-refractivity contribution is 5.75. The van der Waals surface area contributed by atoms with Crippen molar-refractivity contribution >= 4 is 8.41 Å². The van der Waals surface area contributed by atoms with Crippen LogP contribution >= 0.6 is 0 Å². The van der Waals surface area contributed by atoms with Gasteiger partial charge < -0.3 is 5.32 Å². The molecule has 0 aromatic heterocycles. The van der Waals surface area contributed by atoms with E-state index in [4.69, 9.17) is 0 Å². The molecule has 0 bridgehead atoms. The van der Waals surface area contributed by atoms with Crippen LogP contribution in [0.5, 0.6) is 0 Å². The van der Waals surface area contributed by atoms with Gasteiger partial charge >= 0.3 is 0 Å². The van der Waals surface area contributed by atoms with Gasteiger partial charge in [0.2, 0.25) is 0 Å². The molecule has 0 saturated heterocycles. The Morgan fingerprint density at radius 3 is 2.29 bits per heavy atom. The lowest BCUT2D eigenvalue weighted by molar-refractivity contribution is 0.728. The molecule has 0 spiro atoms. The normalized spacial score (nSPS) is 18.3. The van der Waals surface area contributed by atoms with Crippen molar-refractivity contribution in [3.8, 4) is 0 Å². The fraction of sp³-hybridized carbons (Fsp3) is 0.600. The maximum absolute atomic E-state index is 3.20. The Kier molecular flexibility index (Phi) is 3.81. The molecule has 7 heavy (non-hydrogen) atoms. The van der Waals surface area contributed by atoms with Crippen LogP contribution in [-0.4, -0.2) is 21.5 Å². The standard InChI is InChI=1S/C5H9N.B/c1-2-4-6-5-3-1;/h1-2,6H,3-5H2;. The van der Waals surface area contributed by atoms with Gasteiger partial charge in [-0.3, -0.25) is 0 Å². The lowest BCUT2D eigenvalue weighted by atomic mass is 10.3. The Morgan fingerprint density at radius 1 is 1.29 bits per heavy atom. The van der Waals surface area contributed by atoms with Crippen molar-refractivity contribution in [2.45, 2.75) is 6.42 Å². The predicted molar refractivity (Wildman–Crippen MR) is 32.4 cm³/mol. The zero-order valence-electron chi connectivity index (χ0n) is 4.35. The monoisotopic (exact) mass is 94.1 g/mol. The lowest BCUT2D eigenvalue weighted by Crippen LogP contribution is -2.17. The Balaban J connectivity index is 0.000000360. The predicted octanol–water partition coefficient (Wildman–Crippen LogP) is 0.155. The van der Waals surface area contributed by atoms with Crippen molar-refractivity contribution in [3.05, 3.63) is 12.2 Å². The molecule has 0 amide bonds. The van der Waals surface area contributed by atoms with E-state index < -0.39 is 0 Å². The van der Waals surface area contributed by atoms with E-state index in [0.717, 1.165) is 13.1 Å². The van der Waals surface area contributed by atoms with E-state index in [0.29, 0.717) is 0 Å². The fourth-order valence-electron chi connectivity index (χ4n) is 0.572. The zero-order valence-corrected chi connectivity index (χ0v) is 4.35. The van der Waals surface area contributed by atoms with Gasteiger partial charge in [-0.1, -0.05) is 12.2 Å². The molecule has 2 heteroatoms. The molecule has 37 valence electrons. The smallest absolute Gasteiger partial charge is 0.0135 e. The Morgan fingerprint density at radius 2 is 2.14 bits per heavy atom. The summed E-state index contributed by atoms with van der Waals surface area (Å²) in [5.74, 6) is 0. The summed E-state index contributed by atoms with van der Waals surface area (Å²) in [6.07, 6.45) is 5.57. The second-order valence-electron chi connectivity index (χ2n) is 1.46. The van der Waals surface area contributed by atoms with Gasteiger partial charge in [-0.15, -0.1) is 0 Å². The SMILES string of the molecule is C1=CCNCC1.[B]. The summed E-state index contributed by atoms with van der Waals surface area (Å²) in [5.41, 5.74) is 0. The molecular formula is C5H9BN. The van der Waals surface area contributed by atoms with Crippen molar-refractivity contribution in [2.75, 3.05) is 13.1 Å². The molecule has 1 aliphatic heterocycles. The van der Waals surface area contributed by atoms with Crippen LogP contribution in [0.3, 0.4) is 0 Å². The Bertz CT molecular complexity index is 53.1. The number of hydrogen-bond donors (Lipinski definition) is 1. The quantitative estimate of drug-likeness (QED) is 0.333. The summed E-state index contributed by atoms with van der Waals surface area (Å²) < 4.78 is 0. The van der Waals surface area contributed by atoms with Crippen LogP contribution in [0, 0.1) is 0 Å². The number of nitrogens with one attached hydrogen (secondary N) is 1. The van der Waals surface area contributed by atoms with Crippen LogP contribution < -0.4 is 5.32 Å². The highest BCUT2D eigenvalue weighted by Gasteiger charge is 1.84. The first-order valence-corrected chi connectivity index (χ1v) is 2.36. The Hall–Kier alpha value is -0.235. The molecule has 0 atom stereocenters. The highest BCUT2D eigenvalue weighted by atomic mass is 14.8. The molecule has 3 radical (unpaired) electrons. The van der Waals surface area contributed by atoms with Crippen LogP contribution in [0.4, 0.5) is 0 Å². The highest BCUT2D eigenvalue weighted by Crippen LogP contribution is 1.84. The first kappa shape index (κ1) is 6.76. The summed E-state index contributed by atoms with van der Waals surface area (Å²) in [7, 11) is 0. The molecule has 0 fully saturated rings. The Labute approximate surface area is 46.4 Å². The van der Waals surface area contributed by atoms with Crippen LogP contribution in [0.2, 0.25) is 0 Å². The van der Waals surface area contributed by atoms with E-state index in [-0.39, 0.29) is 8.41 Å². The average molecular weight is 93.9 g/mol. The van der Waals surface area contributed by atoms with Gasteiger partial charge in [-0.05, 0) is 13.0 Å². The maximum Gasteiger partial charge on any atom is 0.0135 e. The van der Waals surface area contributed by atoms with Crippen molar-refractivity contribution in [1.29, 1.82) is 0 Å². The fourth-order valence-corrected chi connectivity index (χ4v) is 0.572. The summed E-state index contributed by atoms with van der Waals surface area (Å²) in [4.78, 5) is 0. The van der Waals surface area contributed by atoms with E-state index in [1.54, 1.807) is 0 Å². The van der Waals surface area contributed by atoms with Gasteiger partial charge in [-0.25, -0.2) is 0 Å². The molecule has 1 nitrogen and oxygen atoms in total. The molecule has 1 N–H and O–H groups in total. The topological polar surface area (TPSA) is 12.0 Å². The molecule has 1 rings (SSSR count). The van der Waals surface area contributed by atoms with E-state index in [9.17, 15) is 0 Å². The minimum absolute atomic E-state index is 0. The third kappa shape index (κ3) is 2.46. The van der Waals surface area contributed by atoms with Gasteiger partial charge in [0.15, 0.2) is 0 Å². The van der Waals surface area contributed by atoms with Gasteiger partial charge in [0.1, 0.15) is 0 Å². The number of hydrogen-bond acceptors (Lipinski definition) is 1. The summed E-state index contributed by atoms with van der Waals surface area (Å²) >= 11 is 0. The van der Waals surface area contributed by atoms with Crippen molar-refractivity contribution < 1.29 is 0 Å². The first-order valence-electron chi connectivity index (χ1n) is 2.36. The van der Waals surface area contributed by atoms with Crippen LogP contribution in [0.15, 0.2) is 12.2 Å². The third-order valence-corrected chi connectivity index (χ3v) is 0.917. The molecule has 0 aromatic carbocycles. The largest absolute Gasteiger partial charge is 0.313 e. The van der Waals surface area contributed by atoms with Gasteiger partial charge in [0, 0.05) is 15.0 Å². The molecule has 1 aliphatic rings. The molecule has 0 saturated carbocycles. The van der Waals surface area contributed by atoms with E-state index in [1.165, 1.54) is 6.42 Å². The molecule has 0 aliphatic carbocycles. The molecule has 0 unspecified atom stereocenters. The zero-order chi connectivity index (χ0) is 4.24. The van der Waals surface area contributed by atoms with Crippen molar-refractivity contribution in [2.24, 2.45) is 0 Å². The second kappa shape index (κ2) is 3.94.